The summed E-state index contributed by atoms with van der Waals surface area (Å²) in [7, 11) is 3.35. The maximum Gasteiger partial charge on any atom is 0.146 e. The molecule has 0 aliphatic carbocycles. The van der Waals surface area contributed by atoms with Crippen LogP contribution in [0.5, 0.6) is 5.75 Å². The zero-order valence-electron chi connectivity index (χ0n) is 9.37. The second kappa shape index (κ2) is 4.47. The molecule has 2 aromatic rings. The van der Waals surface area contributed by atoms with Crippen LogP contribution in [0.3, 0.4) is 0 Å². The van der Waals surface area contributed by atoms with Gasteiger partial charge >= 0.3 is 0 Å². The van der Waals surface area contributed by atoms with E-state index in [2.05, 4.69) is 5.10 Å². The average Bonchev–Trinajstić information content (AvgIpc) is 2.56. The molecule has 0 radical (unpaired) electrons. The highest BCUT2D eigenvalue weighted by Crippen LogP contribution is 2.38. The number of nitrogens with zero attached hydrogens (tertiary/aromatic N) is 2. The van der Waals surface area contributed by atoms with E-state index in [1.807, 2.05) is 0 Å². The van der Waals surface area contributed by atoms with Gasteiger partial charge in [-0.15, -0.1) is 0 Å². The third kappa shape index (κ3) is 2.18. The predicted molar refractivity (Wildman–Crippen MR) is 69.6 cm³/mol. The summed E-state index contributed by atoms with van der Waals surface area (Å²) in [5.41, 5.74) is 7.20. The van der Waals surface area contributed by atoms with Crippen LogP contribution in [0, 0.1) is 0 Å². The lowest BCUT2D eigenvalue weighted by molar-refractivity contribution is 0.416. The van der Waals surface area contributed by atoms with E-state index >= 15 is 0 Å². The number of aromatic nitrogens is 2. The molecule has 0 saturated heterocycles. The number of anilines is 1. The number of benzene rings is 1. The summed E-state index contributed by atoms with van der Waals surface area (Å²) in [5, 5.41) is 5.06. The number of aryl methyl sites for hydroxylation is 1. The first-order chi connectivity index (χ1) is 8.02. The lowest BCUT2D eigenvalue weighted by Crippen LogP contribution is -1.97. The third-order valence-corrected chi connectivity index (χ3v) is 2.89. The average molecular weight is 272 g/mol. The summed E-state index contributed by atoms with van der Waals surface area (Å²) in [5.74, 6) is 0.986. The van der Waals surface area contributed by atoms with Crippen LogP contribution < -0.4 is 10.5 Å². The Balaban J connectivity index is 2.69. The molecule has 17 heavy (non-hydrogen) atoms. The van der Waals surface area contributed by atoms with Gasteiger partial charge in [-0.05, 0) is 12.1 Å². The molecule has 4 nitrogen and oxygen atoms in total. The molecule has 2 rings (SSSR count). The number of ether oxygens (including phenoxy) is 1. The van der Waals surface area contributed by atoms with Gasteiger partial charge in [0.25, 0.3) is 0 Å². The summed E-state index contributed by atoms with van der Waals surface area (Å²) in [6.45, 7) is 0. The fourth-order valence-electron chi connectivity index (χ4n) is 1.70. The van der Waals surface area contributed by atoms with Gasteiger partial charge in [0.15, 0.2) is 0 Å². The van der Waals surface area contributed by atoms with Gasteiger partial charge in [-0.25, -0.2) is 0 Å². The van der Waals surface area contributed by atoms with Crippen LogP contribution in [-0.4, -0.2) is 16.9 Å². The Bertz CT molecular complexity index is 566. The Morgan fingerprint density at radius 3 is 2.53 bits per heavy atom. The van der Waals surface area contributed by atoms with Crippen LogP contribution in [0.15, 0.2) is 18.2 Å². The summed E-state index contributed by atoms with van der Waals surface area (Å²) in [6.07, 6.45) is 0. The lowest BCUT2D eigenvalue weighted by atomic mass is 10.1. The first-order valence-electron chi connectivity index (χ1n) is 4.86. The van der Waals surface area contributed by atoms with Crippen molar-refractivity contribution < 1.29 is 4.74 Å². The molecule has 0 amide bonds. The second-order valence-electron chi connectivity index (χ2n) is 3.55. The van der Waals surface area contributed by atoms with Gasteiger partial charge in [-0.2, -0.15) is 5.10 Å². The zero-order chi connectivity index (χ0) is 12.6. The molecular formula is C11H11Cl2N3O. The molecule has 0 aliphatic heterocycles. The molecule has 0 unspecified atom stereocenters. The monoisotopic (exact) mass is 271 g/mol. The number of hydrogen-bond donors (Lipinski definition) is 1. The standard InChI is InChI=1S/C11H11Cl2N3O/c1-16-9(5-10(14)15-16)7-3-6(12)4-8(13)11(7)17-2/h3-5H,1-2H3,(H2,14,15). The van der Waals surface area contributed by atoms with Gasteiger partial charge in [0, 0.05) is 23.7 Å². The van der Waals surface area contributed by atoms with Gasteiger partial charge in [0.05, 0.1) is 17.8 Å². The van der Waals surface area contributed by atoms with Crippen LogP contribution in [0.25, 0.3) is 11.3 Å². The summed E-state index contributed by atoms with van der Waals surface area (Å²) in [6, 6.07) is 5.14. The molecule has 90 valence electrons. The predicted octanol–water partition coefficient (Wildman–Crippen LogP) is 2.98. The first kappa shape index (κ1) is 12.1. The van der Waals surface area contributed by atoms with Gasteiger partial charge < -0.3 is 10.5 Å². The lowest BCUT2D eigenvalue weighted by Gasteiger charge is -2.11. The van der Waals surface area contributed by atoms with E-state index in [1.165, 1.54) is 0 Å². The van der Waals surface area contributed by atoms with Crippen LogP contribution in [0.2, 0.25) is 10.0 Å². The summed E-state index contributed by atoms with van der Waals surface area (Å²) in [4.78, 5) is 0. The van der Waals surface area contributed by atoms with E-state index in [0.29, 0.717) is 21.6 Å². The zero-order valence-corrected chi connectivity index (χ0v) is 10.9. The SMILES string of the molecule is COc1c(Cl)cc(Cl)cc1-c1cc(N)nn1C. The molecule has 0 saturated carbocycles. The maximum atomic E-state index is 6.07. The van der Waals surface area contributed by atoms with Crippen molar-refractivity contribution in [2.24, 2.45) is 7.05 Å². The van der Waals surface area contributed by atoms with Crippen LogP contribution in [-0.2, 0) is 7.05 Å². The number of nitrogens with two attached hydrogens (primary N) is 1. The van der Waals surface area contributed by atoms with Crippen LogP contribution in [0.1, 0.15) is 0 Å². The summed E-state index contributed by atoms with van der Waals surface area (Å²) < 4.78 is 6.93. The smallest absolute Gasteiger partial charge is 0.146 e. The number of rotatable bonds is 2. The molecule has 1 aromatic heterocycles. The van der Waals surface area contributed by atoms with E-state index in [9.17, 15) is 0 Å². The fraction of sp³-hybridized carbons (Fsp3) is 0.182. The topological polar surface area (TPSA) is 53.1 Å². The van der Waals surface area contributed by atoms with E-state index in [0.717, 1.165) is 11.3 Å². The molecule has 0 bridgehead atoms. The molecular weight excluding hydrogens is 261 g/mol. The highest BCUT2D eigenvalue weighted by Gasteiger charge is 2.15. The Kier molecular flexibility index (Phi) is 3.17. The quantitative estimate of drug-likeness (QED) is 0.914. The van der Waals surface area contributed by atoms with Gasteiger partial charge in [0.2, 0.25) is 0 Å². The van der Waals surface area contributed by atoms with Crippen molar-refractivity contribution in [1.82, 2.24) is 9.78 Å². The number of methoxy groups -OCH3 is 1. The summed E-state index contributed by atoms with van der Waals surface area (Å²) >= 11 is 12.1. The number of halogens is 2. The Hall–Kier alpha value is -1.39. The molecule has 0 aliphatic rings. The van der Waals surface area contributed by atoms with Gasteiger partial charge in [-0.3, -0.25) is 4.68 Å². The largest absolute Gasteiger partial charge is 0.494 e. The Labute approximate surface area is 109 Å². The minimum absolute atomic E-state index is 0.431. The van der Waals surface area contributed by atoms with Crippen molar-refractivity contribution in [3.63, 3.8) is 0 Å². The van der Waals surface area contributed by atoms with Crippen molar-refractivity contribution in [2.45, 2.75) is 0 Å². The van der Waals surface area contributed by atoms with Crippen molar-refractivity contribution in [3.8, 4) is 17.0 Å². The number of nitrogen functional groups attached to an aromatic ring is 1. The fourth-order valence-corrected chi connectivity index (χ4v) is 2.27. The molecule has 0 atom stereocenters. The number of hydrogen-bond acceptors (Lipinski definition) is 3. The second-order valence-corrected chi connectivity index (χ2v) is 4.39. The van der Waals surface area contributed by atoms with E-state index in [1.54, 1.807) is 37.0 Å². The van der Waals surface area contributed by atoms with Crippen molar-refractivity contribution >= 4 is 29.0 Å². The van der Waals surface area contributed by atoms with E-state index in [-0.39, 0.29) is 0 Å². The Morgan fingerprint density at radius 2 is 2.00 bits per heavy atom. The van der Waals surface area contributed by atoms with Crippen molar-refractivity contribution in [1.29, 1.82) is 0 Å². The van der Waals surface area contributed by atoms with E-state index < -0.39 is 0 Å². The molecule has 1 aromatic carbocycles. The highest BCUT2D eigenvalue weighted by molar-refractivity contribution is 6.36. The third-order valence-electron chi connectivity index (χ3n) is 2.39. The van der Waals surface area contributed by atoms with Gasteiger partial charge in [-0.1, -0.05) is 23.2 Å². The van der Waals surface area contributed by atoms with Crippen molar-refractivity contribution in [3.05, 3.63) is 28.2 Å². The van der Waals surface area contributed by atoms with Gasteiger partial charge in [0.1, 0.15) is 11.6 Å². The molecule has 1 heterocycles. The minimum atomic E-state index is 0.431. The maximum absolute atomic E-state index is 6.07. The minimum Gasteiger partial charge on any atom is -0.494 e. The molecule has 6 heteroatoms. The molecule has 0 spiro atoms. The molecule has 0 fully saturated rings. The van der Waals surface area contributed by atoms with Crippen LogP contribution >= 0.6 is 23.2 Å². The van der Waals surface area contributed by atoms with E-state index in [4.69, 9.17) is 33.7 Å². The first-order valence-corrected chi connectivity index (χ1v) is 5.61. The van der Waals surface area contributed by atoms with Crippen LogP contribution in [0.4, 0.5) is 5.82 Å². The molecule has 2 N–H and O–H groups in total. The van der Waals surface area contributed by atoms with Crippen molar-refractivity contribution in [2.75, 3.05) is 12.8 Å². The Morgan fingerprint density at radius 1 is 1.29 bits per heavy atom. The normalized spacial score (nSPS) is 10.6. The highest BCUT2D eigenvalue weighted by atomic mass is 35.5.